The largest absolute Gasteiger partial charge is 0.467 e. The Hall–Kier alpha value is -2.18. The number of para-hydroxylation sites is 1. The van der Waals surface area contributed by atoms with E-state index in [1.54, 1.807) is 18.4 Å². The average molecular weight is 352 g/mol. The number of hydrogen-bond acceptors (Lipinski definition) is 4. The molecule has 0 aliphatic heterocycles. The van der Waals surface area contributed by atoms with Gasteiger partial charge in [0.15, 0.2) is 0 Å². The molecule has 7 heteroatoms. The lowest BCUT2D eigenvalue weighted by Crippen LogP contribution is -2.30. The topological polar surface area (TPSA) is 66.7 Å². The minimum absolute atomic E-state index is 0.272. The highest BCUT2D eigenvalue weighted by molar-refractivity contribution is 6.34. The number of halogens is 1. The third-order valence-corrected chi connectivity index (χ3v) is 3.56. The van der Waals surface area contributed by atoms with Crippen molar-refractivity contribution in [3.8, 4) is 0 Å². The molecule has 2 rings (SSSR count). The number of carbonyl (C=O) groups is 1. The Morgan fingerprint density at radius 1 is 1.29 bits per heavy atom. The number of benzene rings is 1. The molecule has 1 heterocycles. The van der Waals surface area contributed by atoms with Gasteiger partial charge in [0.25, 0.3) is 0 Å². The molecule has 0 aliphatic carbocycles. The summed E-state index contributed by atoms with van der Waals surface area (Å²) in [7, 11) is 3.75. The maximum absolute atomic E-state index is 12.0. The predicted octanol–water partition coefficient (Wildman–Crippen LogP) is 3.73. The van der Waals surface area contributed by atoms with Crippen LogP contribution in [0.5, 0.6) is 0 Å². The van der Waals surface area contributed by atoms with Crippen molar-refractivity contribution in [1.29, 1.82) is 0 Å². The first-order valence-corrected chi connectivity index (χ1v) is 8.06. The fourth-order valence-electron chi connectivity index (χ4n) is 2.18. The van der Waals surface area contributed by atoms with Gasteiger partial charge in [-0.05, 0) is 30.7 Å². The first-order valence-electron chi connectivity index (χ1n) is 7.68. The van der Waals surface area contributed by atoms with Crippen LogP contribution in [0.3, 0.4) is 0 Å². The lowest BCUT2D eigenvalue weighted by atomic mass is 10.2. The number of rotatable bonds is 8. The van der Waals surface area contributed by atoms with Crippen LogP contribution in [-0.4, -0.2) is 33.3 Å². The smallest absolute Gasteiger partial charge is 0.319 e. The Kier molecular flexibility index (Phi) is 6.96. The van der Waals surface area contributed by atoms with Crippen LogP contribution in [0.2, 0.25) is 5.02 Å². The van der Waals surface area contributed by atoms with E-state index in [4.69, 9.17) is 20.8 Å². The van der Waals surface area contributed by atoms with Gasteiger partial charge >= 0.3 is 6.03 Å². The zero-order valence-corrected chi connectivity index (χ0v) is 14.6. The highest BCUT2D eigenvalue weighted by atomic mass is 35.5. The molecule has 0 fully saturated rings. The van der Waals surface area contributed by atoms with Crippen LogP contribution >= 0.6 is 11.6 Å². The second kappa shape index (κ2) is 9.20. The standard InChI is InChI=1S/C17H22ClN3O3/c1-21(2)16-14(18)7-3-8-15(16)20-17(22)19-9-5-10-23-12-13-6-4-11-24-13/h3-4,6-8,11H,5,9-10,12H2,1-2H3,(H2,19,20,22). The van der Waals surface area contributed by atoms with Gasteiger partial charge in [0.1, 0.15) is 12.4 Å². The molecule has 2 amide bonds. The number of nitrogens with one attached hydrogen (secondary N) is 2. The van der Waals surface area contributed by atoms with Crippen molar-refractivity contribution < 1.29 is 13.9 Å². The Labute approximate surface area is 146 Å². The number of urea groups is 1. The third kappa shape index (κ3) is 5.47. The summed E-state index contributed by atoms with van der Waals surface area (Å²) >= 11 is 6.17. The van der Waals surface area contributed by atoms with E-state index in [2.05, 4.69) is 10.6 Å². The summed E-state index contributed by atoms with van der Waals surface area (Å²) in [6, 6.07) is 8.81. The van der Waals surface area contributed by atoms with Gasteiger partial charge in [-0.2, -0.15) is 0 Å². The first-order chi connectivity index (χ1) is 11.6. The van der Waals surface area contributed by atoms with Crippen LogP contribution in [0, 0.1) is 0 Å². The van der Waals surface area contributed by atoms with Gasteiger partial charge in [-0.1, -0.05) is 17.7 Å². The number of hydrogen-bond donors (Lipinski definition) is 2. The molecule has 0 radical (unpaired) electrons. The minimum Gasteiger partial charge on any atom is -0.467 e. The maximum atomic E-state index is 12.0. The molecule has 0 atom stereocenters. The summed E-state index contributed by atoms with van der Waals surface area (Å²) in [6.45, 7) is 1.50. The summed E-state index contributed by atoms with van der Waals surface area (Å²) in [5.74, 6) is 0.790. The van der Waals surface area contributed by atoms with Crippen LogP contribution < -0.4 is 15.5 Å². The summed E-state index contributed by atoms with van der Waals surface area (Å²) in [4.78, 5) is 13.8. The molecule has 1 aromatic carbocycles. The van der Waals surface area contributed by atoms with Gasteiger partial charge in [0, 0.05) is 27.2 Å². The van der Waals surface area contributed by atoms with Crippen molar-refractivity contribution >= 4 is 29.0 Å². The number of amides is 2. The Morgan fingerprint density at radius 3 is 2.83 bits per heavy atom. The summed E-state index contributed by atoms with van der Waals surface area (Å²) < 4.78 is 10.6. The number of nitrogens with zero attached hydrogens (tertiary/aromatic N) is 1. The van der Waals surface area contributed by atoms with E-state index in [0.29, 0.717) is 36.9 Å². The van der Waals surface area contributed by atoms with E-state index < -0.39 is 0 Å². The van der Waals surface area contributed by atoms with Gasteiger partial charge < -0.3 is 24.7 Å². The lowest BCUT2D eigenvalue weighted by Gasteiger charge is -2.19. The lowest BCUT2D eigenvalue weighted by molar-refractivity contribution is 0.104. The van der Waals surface area contributed by atoms with Crippen molar-refractivity contribution in [1.82, 2.24) is 5.32 Å². The molecule has 2 aromatic rings. The van der Waals surface area contributed by atoms with Crippen LogP contribution in [0.25, 0.3) is 0 Å². The monoisotopic (exact) mass is 351 g/mol. The van der Waals surface area contributed by atoms with Crippen LogP contribution in [0.15, 0.2) is 41.0 Å². The van der Waals surface area contributed by atoms with Crippen molar-refractivity contribution in [2.75, 3.05) is 37.5 Å². The van der Waals surface area contributed by atoms with E-state index in [1.807, 2.05) is 37.2 Å². The highest BCUT2D eigenvalue weighted by Crippen LogP contribution is 2.32. The molecule has 1 aromatic heterocycles. The molecule has 0 bridgehead atoms. The van der Waals surface area contributed by atoms with E-state index in [-0.39, 0.29) is 6.03 Å². The second-order valence-electron chi connectivity index (χ2n) is 5.40. The quantitative estimate of drug-likeness (QED) is 0.711. The summed E-state index contributed by atoms with van der Waals surface area (Å²) in [6.07, 6.45) is 2.33. The zero-order valence-electron chi connectivity index (χ0n) is 13.8. The minimum atomic E-state index is -0.272. The van der Waals surface area contributed by atoms with E-state index in [9.17, 15) is 4.79 Å². The van der Waals surface area contributed by atoms with Gasteiger partial charge in [-0.25, -0.2) is 4.79 Å². The van der Waals surface area contributed by atoms with Crippen molar-refractivity contribution in [3.63, 3.8) is 0 Å². The molecule has 130 valence electrons. The first kappa shape index (κ1) is 18.2. The molecular formula is C17H22ClN3O3. The van der Waals surface area contributed by atoms with Crippen LogP contribution in [-0.2, 0) is 11.3 Å². The molecular weight excluding hydrogens is 330 g/mol. The Morgan fingerprint density at radius 2 is 2.12 bits per heavy atom. The van der Waals surface area contributed by atoms with E-state index >= 15 is 0 Å². The van der Waals surface area contributed by atoms with E-state index in [0.717, 1.165) is 11.4 Å². The molecule has 0 saturated carbocycles. The van der Waals surface area contributed by atoms with Crippen LogP contribution in [0.1, 0.15) is 12.2 Å². The van der Waals surface area contributed by atoms with Gasteiger partial charge in [-0.15, -0.1) is 0 Å². The molecule has 6 nitrogen and oxygen atoms in total. The van der Waals surface area contributed by atoms with Gasteiger partial charge in [0.05, 0.1) is 22.7 Å². The normalized spacial score (nSPS) is 10.5. The number of ether oxygens (including phenoxy) is 1. The molecule has 0 spiro atoms. The fourth-order valence-corrected chi connectivity index (χ4v) is 2.52. The molecule has 0 saturated heterocycles. The SMILES string of the molecule is CN(C)c1c(Cl)cccc1NC(=O)NCCCOCc1ccco1. The van der Waals surface area contributed by atoms with Gasteiger partial charge in [0.2, 0.25) is 0 Å². The average Bonchev–Trinajstić information content (AvgIpc) is 3.03. The second-order valence-corrected chi connectivity index (χ2v) is 5.80. The van der Waals surface area contributed by atoms with Crippen LogP contribution in [0.4, 0.5) is 16.2 Å². The number of furan rings is 1. The Balaban J connectivity index is 1.69. The molecule has 0 aliphatic rings. The zero-order chi connectivity index (χ0) is 17.4. The maximum Gasteiger partial charge on any atom is 0.319 e. The van der Waals surface area contributed by atoms with Crippen molar-refractivity contribution in [2.45, 2.75) is 13.0 Å². The van der Waals surface area contributed by atoms with E-state index in [1.165, 1.54) is 0 Å². The highest BCUT2D eigenvalue weighted by Gasteiger charge is 2.11. The third-order valence-electron chi connectivity index (χ3n) is 3.26. The fraction of sp³-hybridized carbons (Fsp3) is 0.353. The van der Waals surface area contributed by atoms with Crippen molar-refractivity contribution in [3.05, 3.63) is 47.4 Å². The van der Waals surface area contributed by atoms with Gasteiger partial charge in [-0.3, -0.25) is 0 Å². The molecule has 2 N–H and O–H groups in total. The molecule has 0 unspecified atom stereocenters. The summed E-state index contributed by atoms with van der Waals surface area (Å²) in [5.41, 5.74) is 1.44. The summed E-state index contributed by atoms with van der Waals surface area (Å²) in [5, 5.41) is 6.20. The number of anilines is 2. The van der Waals surface area contributed by atoms with Crippen molar-refractivity contribution in [2.24, 2.45) is 0 Å². The molecule has 24 heavy (non-hydrogen) atoms. The Bertz CT molecular complexity index is 645. The number of carbonyl (C=O) groups excluding carboxylic acids is 1. The predicted molar refractivity (Wildman–Crippen MR) is 95.8 cm³/mol.